The molecule has 6 nitrogen and oxygen atoms in total. The van der Waals surface area contributed by atoms with Crippen molar-refractivity contribution in [2.45, 2.75) is 23.5 Å². The van der Waals surface area contributed by atoms with Gasteiger partial charge in [-0.15, -0.1) is 0 Å². The average molecular weight is 503 g/mol. The predicted molar refractivity (Wildman–Crippen MR) is 126 cm³/mol. The van der Waals surface area contributed by atoms with Gasteiger partial charge in [0.15, 0.2) is 0 Å². The number of nitrogens with zero attached hydrogens (tertiary/aromatic N) is 1. The van der Waals surface area contributed by atoms with Crippen molar-refractivity contribution in [3.63, 3.8) is 0 Å². The van der Waals surface area contributed by atoms with Gasteiger partial charge in [0.25, 0.3) is 5.91 Å². The maximum Gasteiger partial charge on any atom is 0.255 e. The number of carbonyl (C=O) groups excluding carboxylic acids is 1. The van der Waals surface area contributed by atoms with Crippen molar-refractivity contribution in [2.75, 3.05) is 32.5 Å². The number of hydrogen-bond acceptors (Lipinski definition) is 5. The van der Waals surface area contributed by atoms with Crippen LogP contribution in [0.1, 0.15) is 28.8 Å². The van der Waals surface area contributed by atoms with E-state index >= 15 is 0 Å². The summed E-state index contributed by atoms with van der Waals surface area (Å²) < 4.78 is 32.4. The molecule has 1 heterocycles. The highest BCUT2D eigenvalue weighted by Crippen LogP contribution is 2.27. The molecule has 0 bridgehead atoms. The molecule has 1 amide bonds. The van der Waals surface area contributed by atoms with Gasteiger partial charge in [0, 0.05) is 31.1 Å². The van der Waals surface area contributed by atoms with Gasteiger partial charge >= 0.3 is 0 Å². The van der Waals surface area contributed by atoms with E-state index in [2.05, 4.69) is 5.32 Å². The highest BCUT2D eigenvalue weighted by atomic mass is 35.5. The first-order valence-electron chi connectivity index (χ1n) is 9.81. The lowest BCUT2D eigenvalue weighted by Gasteiger charge is -2.17. The lowest BCUT2D eigenvalue weighted by atomic mass is 10.2. The third-order valence-corrected chi connectivity index (χ3v) is 8.57. The number of amides is 1. The van der Waals surface area contributed by atoms with E-state index < -0.39 is 10.0 Å². The van der Waals surface area contributed by atoms with Crippen LogP contribution in [0, 0.1) is 0 Å². The van der Waals surface area contributed by atoms with Crippen LogP contribution in [0.25, 0.3) is 0 Å². The zero-order chi connectivity index (χ0) is 22.4. The molecule has 0 aromatic heterocycles. The number of nitrogens with one attached hydrogen (secondary N) is 1. The maximum absolute atomic E-state index is 12.8. The predicted octanol–water partition coefficient (Wildman–Crippen LogP) is 4.45. The quantitative estimate of drug-likeness (QED) is 0.512. The van der Waals surface area contributed by atoms with Crippen molar-refractivity contribution in [2.24, 2.45) is 0 Å². The summed E-state index contributed by atoms with van der Waals surface area (Å²) in [6.45, 7) is 1.44. The molecule has 10 heteroatoms. The Balaban J connectivity index is 1.59. The van der Waals surface area contributed by atoms with Crippen molar-refractivity contribution in [1.82, 2.24) is 9.62 Å². The minimum atomic E-state index is -3.61. The summed E-state index contributed by atoms with van der Waals surface area (Å²) in [6, 6.07) is 9.90. The van der Waals surface area contributed by atoms with E-state index in [0.717, 1.165) is 24.2 Å². The van der Waals surface area contributed by atoms with Crippen LogP contribution < -0.4 is 10.1 Å². The minimum Gasteiger partial charge on any atom is -0.496 e. The van der Waals surface area contributed by atoms with Gasteiger partial charge in [-0.3, -0.25) is 4.79 Å². The van der Waals surface area contributed by atoms with E-state index in [0.29, 0.717) is 41.2 Å². The van der Waals surface area contributed by atoms with Gasteiger partial charge in [0.05, 0.1) is 27.6 Å². The van der Waals surface area contributed by atoms with Gasteiger partial charge in [-0.25, -0.2) is 8.42 Å². The van der Waals surface area contributed by atoms with Crippen LogP contribution in [0.3, 0.4) is 0 Å². The fourth-order valence-corrected chi connectivity index (χ4v) is 5.92. The van der Waals surface area contributed by atoms with Crippen LogP contribution >= 0.6 is 35.0 Å². The molecule has 1 aliphatic rings. The zero-order valence-corrected chi connectivity index (χ0v) is 20.2. The van der Waals surface area contributed by atoms with Crippen molar-refractivity contribution in [1.29, 1.82) is 0 Å². The Kier molecular flexibility index (Phi) is 8.52. The molecule has 0 radical (unpaired) electrons. The topological polar surface area (TPSA) is 75.7 Å². The van der Waals surface area contributed by atoms with Crippen LogP contribution in [-0.2, 0) is 15.8 Å². The number of methoxy groups -OCH3 is 1. The van der Waals surface area contributed by atoms with E-state index in [1.54, 1.807) is 17.8 Å². The van der Waals surface area contributed by atoms with E-state index in [1.807, 2.05) is 12.1 Å². The molecule has 168 valence electrons. The van der Waals surface area contributed by atoms with E-state index in [9.17, 15) is 13.2 Å². The molecule has 0 spiro atoms. The van der Waals surface area contributed by atoms with E-state index in [4.69, 9.17) is 27.9 Å². The molecule has 1 saturated heterocycles. The van der Waals surface area contributed by atoms with Crippen LogP contribution in [0.5, 0.6) is 5.75 Å². The molecule has 31 heavy (non-hydrogen) atoms. The van der Waals surface area contributed by atoms with Crippen LogP contribution in [0.2, 0.25) is 10.0 Å². The average Bonchev–Trinajstić information content (AvgIpc) is 3.31. The molecule has 1 fully saturated rings. The van der Waals surface area contributed by atoms with Crippen LogP contribution in [-0.4, -0.2) is 51.1 Å². The Morgan fingerprint density at radius 3 is 2.55 bits per heavy atom. The maximum atomic E-state index is 12.8. The van der Waals surface area contributed by atoms with E-state index in [-0.39, 0.29) is 16.4 Å². The number of halogens is 2. The standard InChI is InChI=1S/C21H24Cl2N2O4S2/c1-29-20-7-5-16(31(27,28)25-9-2-3-10-25)13-17(20)21(26)24-8-11-30-14-15-4-6-18(22)19(23)12-15/h4-7,12-13H,2-3,8-11,14H2,1H3,(H,24,26). The van der Waals surface area contributed by atoms with Crippen LogP contribution in [0.4, 0.5) is 0 Å². The third-order valence-electron chi connectivity index (χ3n) is 4.90. The molecule has 1 N–H and O–H groups in total. The van der Waals surface area contributed by atoms with Gasteiger partial charge in [0.2, 0.25) is 10.0 Å². The fourth-order valence-electron chi connectivity index (χ4n) is 3.25. The Morgan fingerprint density at radius 1 is 1.13 bits per heavy atom. The molecule has 1 aliphatic heterocycles. The lowest BCUT2D eigenvalue weighted by Crippen LogP contribution is -2.29. The van der Waals surface area contributed by atoms with Gasteiger partial charge in [-0.05, 0) is 48.7 Å². The number of sulfonamides is 1. The Labute approximate surface area is 197 Å². The number of thioether (sulfide) groups is 1. The second-order valence-corrected chi connectivity index (χ2v) is 10.9. The van der Waals surface area contributed by atoms with Crippen molar-refractivity contribution in [3.05, 3.63) is 57.6 Å². The van der Waals surface area contributed by atoms with Gasteiger partial charge in [-0.1, -0.05) is 29.3 Å². The van der Waals surface area contributed by atoms with Gasteiger partial charge < -0.3 is 10.1 Å². The van der Waals surface area contributed by atoms with Crippen molar-refractivity contribution < 1.29 is 17.9 Å². The monoisotopic (exact) mass is 502 g/mol. The summed E-state index contributed by atoms with van der Waals surface area (Å²) in [5, 5.41) is 3.87. The molecule has 3 rings (SSSR count). The van der Waals surface area contributed by atoms with Crippen molar-refractivity contribution >= 4 is 50.9 Å². The number of rotatable bonds is 9. The summed E-state index contributed by atoms with van der Waals surface area (Å²) in [5.41, 5.74) is 1.25. The Hall–Kier alpha value is -1.45. The summed E-state index contributed by atoms with van der Waals surface area (Å²) in [4.78, 5) is 12.8. The molecule has 0 aliphatic carbocycles. The minimum absolute atomic E-state index is 0.106. The van der Waals surface area contributed by atoms with Crippen LogP contribution in [0.15, 0.2) is 41.3 Å². The van der Waals surface area contributed by atoms with E-state index in [1.165, 1.54) is 29.6 Å². The highest BCUT2D eigenvalue weighted by molar-refractivity contribution is 7.98. The zero-order valence-electron chi connectivity index (χ0n) is 17.1. The molecule has 0 saturated carbocycles. The number of carbonyl (C=O) groups is 1. The first kappa shape index (κ1) is 24.2. The summed E-state index contributed by atoms with van der Waals surface area (Å²) in [5.74, 6) is 1.38. The first-order chi connectivity index (χ1) is 14.8. The fraction of sp³-hybridized carbons (Fsp3) is 0.381. The molecule has 2 aromatic carbocycles. The molecule has 2 aromatic rings. The summed E-state index contributed by atoms with van der Waals surface area (Å²) >= 11 is 13.6. The van der Waals surface area contributed by atoms with Crippen molar-refractivity contribution in [3.8, 4) is 5.75 Å². The second-order valence-electron chi connectivity index (χ2n) is 7.03. The Bertz CT molecular complexity index is 1040. The van der Waals surface area contributed by atoms with Gasteiger partial charge in [-0.2, -0.15) is 16.1 Å². The largest absolute Gasteiger partial charge is 0.496 e. The summed E-state index contributed by atoms with van der Waals surface area (Å²) in [6.07, 6.45) is 1.70. The number of hydrogen-bond donors (Lipinski definition) is 1. The molecular weight excluding hydrogens is 479 g/mol. The van der Waals surface area contributed by atoms with Gasteiger partial charge in [0.1, 0.15) is 5.75 Å². The SMILES string of the molecule is COc1ccc(S(=O)(=O)N2CCCC2)cc1C(=O)NCCSCc1ccc(Cl)c(Cl)c1. The lowest BCUT2D eigenvalue weighted by molar-refractivity contribution is 0.0953. The molecule has 0 atom stereocenters. The number of ether oxygens (including phenoxy) is 1. The number of benzene rings is 2. The summed E-state index contributed by atoms with van der Waals surface area (Å²) in [7, 11) is -2.16. The highest BCUT2D eigenvalue weighted by Gasteiger charge is 2.28. The third kappa shape index (κ3) is 6.08. The molecular formula is C21H24Cl2N2O4S2. The normalized spacial score (nSPS) is 14.5. The molecule has 0 unspecified atom stereocenters. The second kappa shape index (κ2) is 10.9. The Morgan fingerprint density at radius 2 is 1.87 bits per heavy atom. The smallest absolute Gasteiger partial charge is 0.255 e. The first-order valence-corrected chi connectivity index (χ1v) is 13.2.